The number of anilines is 2. The van der Waals surface area contributed by atoms with E-state index in [-0.39, 0.29) is 18.5 Å². The zero-order chi connectivity index (χ0) is 19.6. The van der Waals surface area contributed by atoms with Gasteiger partial charge in [0.2, 0.25) is 5.91 Å². The van der Waals surface area contributed by atoms with Gasteiger partial charge in [-0.25, -0.2) is 4.79 Å². The van der Waals surface area contributed by atoms with E-state index in [1.165, 1.54) is 6.07 Å². The molecule has 0 spiro atoms. The highest BCUT2D eigenvalue weighted by Crippen LogP contribution is 2.13. The number of hydrogen-bond donors (Lipinski definition) is 4. The van der Waals surface area contributed by atoms with Gasteiger partial charge in [-0.05, 0) is 42.5 Å². The fraction of sp³-hybridized carbons (Fsp3) is 0.105. The molecule has 0 aliphatic heterocycles. The molecule has 0 saturated heterocycles. The predicted molar refractivity (Wildman–Crippen MR) is 106 cm³/mol. The lowest BCUT2D eigenvalue weighted by atomic mass is 10.2. The Morgan fingerprint density at radius 2 is 1.63 bits per heavy atom. The van der Waals surface area contributed by atoms with Crippen molar-refractivity contribution in [3.8, 4) is 0 Å². The number of amides is 4. The van der Waals surface area contributed by atoms with Gasteiger partial charge in [-0.3, -0.25) is 9.59 Å². The molecule has 0 aliphatic carbocycles. The van der Waals surface area contributed by atoms with E-state index in [0.29, 0.717) is 28.5 Å². The van der Waals surface area contributed by atoms with E-state index < -0.39 is 5.91 Å². The summed E-state index contributed by atoms with van der Waals surface area (Å²) in [6.07, 6.45) is 1.57. The van der Waals surface area contributed by atoms with E-state index in [1.807, 2.05) is 0 Å². The molecule has 27 heavy (non-hydrogen) atoms. The first kappa shape index (κ1) is 20.0. The molecular formula is C19H19ClN4O3. The van der Waals surface area contributed by atoms with Crippen LogP contribution in [0.4, 0.5) is 16.2 Å². The van der Waals surface area contributed by atoms with Crippen molar-refractivity contribution < 1.29 is 14.4 Å². The summed E-state index contributed by atoms with van der Waals surface area (Å²) in [5.74, 6) is -0.771. The summed E-state index contributed by atoms with van der Waals surface area (Å²) in [6.45, 7) is 3.69. The Bertz CT molecular complexity index is 837. The molecule has 0 aromatic heterocycles. The average molecular weight is 387 g/mol. The molecule has 0 fully saturated rings. The second-order valence-electron chi connectivity index (χ2n) is 5.44. The Morgan fingerprint density at radius 1 is 0.963 bits per heavy atom. The molecule has 2 aromatic rings. The molecule has 0 heterocycles. The lowest BCUT2D eigenvalue weighted by Crippen LogP contribution is -2.32. The summed E-state index contributed by atoms with van der Waals surface area (Å²) in [7, 11) is 0. The molecule has 4 amide bonds. The first-order valence-corrected chi connectivity index (χ1v) is 8.45. The van der Waals surface area contributed by atoms with Gasteiger partial charge in [-0.15, -0.1) is 6.58 Å². The van der Waals surface area contributed by atoms with Gasteiger partial charge in [0.05, 0.1) is 6.54 Å². The van der Waals surface area contributed by atoms with Crippen molar-refractivity contribution in [3.05, 3.63) is 71.8 Å². The van der Waals surface area contributed by atoms with E-state index in [9.17, 15) is 14.4 Å². The molecule has 0 bridgehead atoms. The first-order chi connectivity index (χ1) is 13.0. The first-order valence-electron chi connectivity index (χ1n) is 8.07. The molecule has 0 aliphatic rings. The number of benzene rings is 2. The molecule has 7 nitrogen and oxygen atoms in total. The fourth-order valence-corrected chi connectivity index (χ4v) is 2.26. The van der Waals surface area contributed by atoms with Crippen molar-refractivity contribution in [2.75, 3.05) is 23.7 Å². The molecule has 0 saturated carbocycles. The highest BCUT2D eigenvalue weighted by molar-refractivity contribution is 6.31. The van der Waals surface area contributed by atoms with Crippen LogP contribution in [0.15, 0.2) is 61.2 Å². The molecule has 0 unspecified atom stereocenters. The Morgan fingerprint density at radius 3 is 2.26 bits per heavy atom. The Hall–Kier alpha value is -3.32. The lowest BCUT2D eigenvalue weighted by Gasteiger charge is -2.09. The largest absolute Gasteiger partial charge is 0.343 e. The predicted octanol–water partition coefficient (Wildman–Crippen LogP) is 3.02. The number of nitrogens with one attached hydrogen (secondary N) is 4. The number of rotatable bonds is 7. The van der Waals surface area contributed by atoms with Crippen molar-refractivity contribution in [2.45, 2.75) is 0 Å². The highest BCUT2D eigenvalue weighted by atomic mass is 35.5. The molecule has 4 N–H and O–H groups in total. The Kier molecular flexibility index (Phi) is 7.39. The third-order valence-corrected chi connectivity index (χ3v) is 3.56. The second-order valence-corrected chi connectivity index (χ2v) is 5.88. The third kappa shape index (κ3) is 6.83. The maximum atomic E-state index is 12.0. The summed E-state index contributed by atoms with van der Waals surface area (Å²) in [5.41, 5.74) is 1.48. The third-order valence-electron chi connectivity index (χ3n) is 3.33. The SMILES string of the molecule is C=CCNC(=O)Nc1ccc(NC(=O)CNC(=O)c2cccc(Cl)c2)cc1. The van der Waals surface area contributed by atoms with Crippen molar-refractivity contribution in [3.63, 3.8) is 0 Å². The van der Waals surface area contributed by atoms with Gasteiger partial charge in [0.25, 0.3) is 5.91 Å². The monoisotopic (exact) mass is 386 g/mol. The smallest absolute Gasteiger partial charge is 0.319 e. The normalized spacial score (nSPS) is 9.81. The number of urea groups is 1. The second kappa shape index (κ2) is 9.98. The Labute approximate surface area is 161 Å². The van der Waals surface area contributed by atoms with Crippen molar-refractivity contribution in [1.82, 2.24) is 10.6 Å². The Balaban J connectivity index is 1.80. The van der Waals surface area contributed by atoms with Gasteiger partial charge in [0.15, 0.2) is 0 Å². The zero-order valence-corrected chi connectivity index (χ0v) is 15.2. The average Bonchev–Trinajstić information content (AvgIpc) is 2.66. The van der Waals surface area contributed by atoms with Gasteiger partial charge >= 0.3 is 6.03 Å². The molecule has 2 rings (SSSR count). The van der Waals surface area contributed by atoms with E-state index in [2.05, 4.69) is 27.8 Å². The molecular weight excluding hydrogens is 368 g/mol. The maximum absolute atomic E-state index is 12.0. The number of carbonyl (C=O) groups is 3. The standard InChI is InChI=1S/C19H19ClN4O3/c1-2-10-21-19(27)24-16-8-6-15(7-9-16)23-17(25)12-22-18(26)13-4-3-5-14(20)11-13/h2-9,11H,1,10,12H2,(H,22,26)(H,23,25)(H2,21,24,27). The summed E-state index contributed by atoms with van der Waals surface area (Å²) in [5, 5.41) is 10.8. The summed E-state index contributed by atoms with van der Waals surface area (Å²) >= 11 is 5.83. The van der Waals surface area contributed by atoms with Crippen molar-refractivity contribution in [1.29, 1.82) is 0 Å². The summed E-state index contributed by atoms with van der Waals surface area (Å²) in [6, 6.07) is 12.7. The van der Waals surface area contributed by atoms with E-state index >= 15 is 0 Å². The van der Waals surface area contributed by atoms with Crippen LogP contribution in [0, 0.1) is 0 Å². The molecule has 0 atom stereocenters. The van der Waals surface area contributed by atoms with E-state index in [0.717, 1.165) is 0 Å². The van der Waals surface area contributed by atoms with Crippen molar-refractivity contribution >= 4 is 40.8 Å². The topological polar surface area (TPSA) is 99.3 Å². The quantitative estimate of drug-likeness (QED) is 0.550. The minimum Gasteiger partial charge on any atom is -0.343 e. The van der Waals surface area contributed by atoms with Gasteiger partial charge in [0.1, 0.15) is 0 Å². The molecule has 2 aromatic carbocycles. The van der Waals surface area contributed by atoms with Crippen LogP contribution in [0.2, 0.25) is 5.02 Å². The van der Waals surface area contributed by atoms with Crippen LogP contribution in [-0.4, -0.2) is 30.9 Å². The van der Waals surface area contributed by atoms with Crippen LogP contribution in [-0.2, 0) is 4.79 Å². The minimum atomic E-state index is -0.391. The number of hydrogen-bond acceptors (Lipinski definition) is 3. The summed E-state index contributed by atoms with van der Waals surface area (Å²) in [4.78, 5) is 35.5. The lowest BCUT2D eigenvalue weighted by molar-refractivity contribution is -0.115. The van der Waals surface area contributed by atoms with Crippen LogP contribution < -0.4 is 21.3 Å². The van der Waals surface area contributed by atoms with Gasteiger partial charge < -0.3 is 21.3 Å². The van der Waals surface area contributed by atoms with Gasteiger partial charge in [0, 0.05) is 28.5 Å². The van der Waals surface area contributed by atoms with Crippen molar-refractivity contribution in [2.24, 2.45) is 0 Å². The van der Waals surface area contributed by atoms with E-state index in [1.54, 1.807) is 48.5 Å². The van der Waals surface area contributed by atoms with Crippen LogP contribution in [0.5, 0.6) is 0 Å². The van der Waals surface area contributed by atoms with E-state index in [4.69, 9.17) is 11.6 Å². The zero-order valence-electron chi connectivity index (χ0n) is 14.4. The van der Waals surface area contributed by atoms with Gasteiger partial charge in [-0.1, -0.05) is 23.7 Å². The van der Waals surface area contributed by atoms with Crippen LogP contribution in [0.25, 0.3) is 0 Å². The molecule has 0 radical (unpaired) electrons. The fourth-order valence-electron chi connectivity index (χ4n) is 2.07. The number of carbonyl (C=O) groups excluding carboxylic acids is 3. The van der Waals surface area contributed by atoms with Gasteiger partial charge in [-0.2, -0.15) is 0 Å². The maximum Gasteiger partial charge on any atom is 0.319 e. The van der Waals surface area contributed by atoms with Crippen LogP contribution >= 0.6 is 11.6 Å². The highest BCUT2D eigenvalue weighted by Gasteiger charge is 2.09. The molecule has 8 heteroatoms. The molecule has 140 valence electrons. The van der Waals surface area contributed by atoms with Crippen LogP contribution in [0.3, 0.4) is 0 Å². The summed E-state index contributed by atoms with van der Waals surface area (Å²) < 4.78 is 0. The van der Waals surface area contributed by atoms with Crippen LogP contribution in [0.1, 0.15) is 10.4 Å². The number of halogens is 1. The minimum absolute atomic E-state index is 0.185.